The van der Waals surface area contributed by atoms with Crippen LogP contribution in [0.5, 0.6) is 0 Å². The predicted molar refractivity (Wildman–Crippen MR) is 96.0 cm³/mol. The minimum absolute atomic E-state index is 0.0518. The van der Waals surface area contributed by atoms with Crippen LogP contribution in [0.3, 0.4) is 0 Å². The maximum Gasteiger partial charge on any atom is 0.345 e. The van der Waals surface area contributed by atoms with Gasteiger partial charge < -0.3 is 5.32 Å². The molecule has 2 rings (SSSR count). The molecule has 0 atom stereocenters. The van der Waals surface area contributed by atoms with Crippen LogP contribution in [0.4, 0.5) is 10.1 Å². The summed E-state index contributed by atoms with van der Waals surface area (Å²) in [4.78, 5) is 25.5. The number of anilines is 1. The van der Waals surface area contributed by atoms with Crippen LogP contribution in [0.15, 0.2) is 39.8 Å². The van der Waals surface area contributed by atoms with Crippen LogP contribution < -0.4 is 10.0 Å². The average Bonchev–Trinajstić information content (AvgIpc) is 3.01. The third-order valence-electron chi connectivity index (χ3n) is 2.92. The second-order valence-electron chi connectivity index (χ2n) is 4.76. The van der Waals surface area contributed by atoms with Gasteiger partial charge in [-0.1, -0.05) is 15.9 Å². The van der Waals surface area contributed by atoms with Crippen LogP contribution in [-0.2, 0) is 14.8 Å². The van der Waals surface area contributed by atoms with Gasteiger partial charge in [0.25, 0.3) is 0 Å². The van der Waals surface area contributed by atoms with Gasteiger partial charge in [-0.25, -0.2) is 18.1 Å². The minimum atomic E-state index is -3.63. The third-order valence-corrected chi connectivity index (χ3v) is 5.79. The Kier molecular flexibility index (Phi) is 6.58. The van der Waals surface area contributed by atoms with Gasteiger partial charge in [0.1, 0.15) is 6.20 Å². The molecule has 1 amide bonds. The maximum absolute atomic E-state index is 12.0. The molecular formula is C13H13BrN4O5S2. The number of carbonyl (C=O) groups is 1. The summed E-state index contributed by atoms with van der Waals surface area (Å²) in [7, 11) is -3.63. The Balaban J connectivity index is 1.77. The number of aromatic nitrogens is 1. The van der Waals surface area contributed by atoms with Crippen molar-refractivity contribution in [2.24, 2.45) is 0 Å². The summed E-state index contributed by atoms with van der Waals surface area (Å²) in [5.74, 6) is -0.396. The van der Waals surface area contributed by atoms with E-state index in [-0.39, 0.29) is 34.4 Å². The van der Waals surface area contributed by atoms with Crippen LogP contribution in [-0.4, -0.2) is 30.8 Å². The fourth-order valence-electron chi connectivity index (χ4n) is 1.74. The van der Waals surface area contributed by atoms with Gasteiger partial charge in [0.2, 0.25) is 15.9 Å². The van der Waals surface area contributed by atoms with Crippen molar-refractivity contribution >= 4 is 53.3 Å². The number of nitro groups is 1. The van der Waals surface area contributed by atoms with Gasteiger partial charge >= 0.3 is 5.00 Å². The lowest BCUT2D eigenvalue weighted by Gasteiger charge is -2.06. The molecule has 1 heterocycles. The molecule has 0 aliphatic rings. The monoisotopic (exact) mass is 448 g/mol. The van der Waals surface area contributed by atoms with E-state index in [0.29, 0.717) is 0 Å². The SMILES string of the molecule is O=C(CCCNS(=O)(=O)c1ccc(Br)cc1)Nc1ncc([N+](=O)[O-])s1. The summed E-state index contributed by atoms with van der Waals surface area (Å²) in [6.45, 7) is 0.0871. The van der Waals surface area contributed by atoms with Gasteiger partial charge in [-0.2, -0.15) is 0 Å². The summed E-state index contributed by atoms with van der Waals surface area (Å²) in [6.07, 6.45) is 1.39. The Morgan fingerprint density at radius 2 is 2.00 bits per heavy atom. The molecule has 25 heavy (non-hydrogen) atoms. The standard InChI is InChI=1S/C13H13BrN4O5S2/c14-9-3-5-10(6-4-9)25(22,23)16-7-1-2-11(19)17-13-15-8-12(24-13)18(20)21/h3-6,8,16H,1-2,7H2,(H,15,17,19). The molecular weight excluding hydrogens is 436 g/mol. The molecule has 0 saturated carbocycles. The summed E-state index contributed by atoms with van der Waals surface area (Å²) < 4.78 is 27.3. The molecule has 0 aliphatic heterocycles. The fourth-order valence-corrected chi connectivity index (χ4v) is 3.73. The van der Waals surface area contributed by atoms with Gasteiger partial charge in [-0.3, -0.25) is 14.9 Å². The third kappa shape index (κ3) is 5.85. The van der Waals surface area contributed by atoms with E-state index in [1.54, 1.807) is 12.1 Å². The number of hydrogen-bond acceptors (Lipinski definition) is 7. The molecule has 0 fully saturated rings. The molecule has 0 unspecified atom stereocenters. The Bertz CT molecular complexity index is 867. The van der Waals surface area contributed by atoms with Crippen LogP contribution in [0.1, 0.15) is 12.8 Å². The second kappa shape index (κ2) is 8.47. The Labute approximate surface area is 155 Å². The van der Waals surface area contributed by atoms with E-state index in [1.807, 2.05) is 0 Å². The van der Waals surface area contributed by atoms with Crippen LogP contribution in [0, 0.1) is 10.1 Å². The molecule has 2 aromatic rings. The van der Waals surface area contributed by atoms with Crippen molar-refractivity contribution in [3.05, 3.63) is 45.0 Å². The Morgan fingerprint density at radius 3 is 2.60 bits per heavy atom. The number of sulfonamides is 1. The second-order valence-corrected chi connectivity index (χ2v) is 8.46. The summed E-state index contributed by atoms with van der Waals surface area (Å²) in [6, 6.07) is 6.17. The Morgan fingerprint density at radius 1 is 1.32 bits per heavy atom. The molecule has 9 nitrogen and oxygen atoms in total. The quantitative estimate of drug-likeness (QED) is 0.362. The van der Waals surface area contributed by atoms with Crippen LogP contribution >= 0.6 is 27.3 Å². The van der Waals surface area contributed by atoms with Crippen LogP contribution in [0.2, 0.25) is 0 Å². The van der Waals surface area contributed by atoms with E-state index in [0.717, 1.165) is 22.0 Å². The lowest BCUT2D eigenvalue weighted by Crippen LogP contribution is -2.25. The number of halogens is 1. The topological polar surface area (TPSA) is 131 Å². The van der Waals surface area contributed by atoms with Crippen LogP contribution in [0.25, 0.3) is 0 Å². The van der Waals surface area contributed by atoms with Crippen molar-refractivity contribution in [2.45, 2.75) is 17.7 Å². The zero-order valence-corrected chi connectivity index (χ0v) is 15.9. The first-order valence-electron chi connectivity index (χ1n) is 6.93. The number of benzene rings is 1. The van der Waals surface area contributed by atoms with Crippen molar-refractivity contribution in [3.8, 4) is 0 Å². The van der Waals surface area contributed by atoms with Gasteiger partial charge in [0.15, 0.2) is 5.13 Å². The fraction of sp³-hybridized carbons (Fsp3) is 0.231. The van der Waals surface area contributed by atoms with Gasteiger partial charge in [0.05, 0.1) is 9.82 Å². The van der Waals surface area contributed by atoms with E-state index in [4.69, 9.17) is 0 Å². The van der Waals surface area contributed by atoms with Gasteiger partial charge in [-0.15, -0.1) is 0 Å². The average molecular weight is 449 g/mol. The van der Waals surface area contributed by atoms with E-state index >= 15 is 0 Å². The van der Waals surface area contributed by atoms with E-state index in [2.05, 4.69) is 31.0 Å². The molecule has 0 radical (unpaired) electrons. The minimum Gasteiger partial charge on any atom is -0.302 e. The molecule has 0 spiro atoms. The lowest BCUT2D eigenvalue weighted by atomic mass is 10.3. The number of hydrogen-bond donors (Lipinski definition) is 2. The zero-order chi connectivity index (χ0) is 18.4. The largest absolute Gasteiger partial charge is 0.345 e. The first-order valence-corrected chi connectivity index (χ1v) is 10.0. The predicted octanol–water partition coefficient (Wildman–Crippen LogP) is 2.51. The first kappa shape index (κ1) is 19.4. The molecule has 12 heteroatoms. The summed E-state index contributed by atoms with van der Waals surface area (Å²) in [5.41, 5.74) is 0. The maximum atomic E-state index is 12.0. The Hall–Kier alpha value is -1.89. The number of nitrogens with zero attached hydrogens (tertiary/aromatic N) is 2. The normalized spacial score (nSPS) is 11.2. The lowest BCUT2D eigenvalue weighted by molar-refractivity contribution is -0.380. The van der Waals surface area contributed by atoms with E-state index in [9.17, 15) is 23.3 Å². The molecule has 134 valence electrons. The molecule has 0 bridgehead atoms. The van der Waals surface area contributed by atoms with Crippen molar-refractivity contribution in [1.29, 1.82) is 0 Å². The van der Waals surface area contributed by atoms with Gasteiger partial charge in [-0.05, 0) is 42.0 Å². The molecule has 0 saturated heterocycles. The van der Waals surface area contributed by atoms with Crippen molar-refractivity contribution < 1.29 is 18.1 Å². The highest BCUT2D eigenvalue weighted by Crippen LogP contribution is 2.25. The highest BCUT2D eigenvalue weighted by atomic mass is 79.9. The molecule has 2 N–H and O–H groups in total. The van der Waals surface area contributed by atoms with Crippen molar-refractivity contribution in [1.82, 2.24) is 9.71 Å². The number of nitrogens with one attached hydrogen (secondary N) is 2. The number of carbonyl (C=O) groups excluding carboxylic acids is 1. The number of amides is 1. The highest BCUT2D eigenvalue weighted by Gasteiger charge is 2.15. The van der Waals surface area contributed by atoms with Crippen molar-refractivity contribution in [2.75, 3.05) is 11.9 Å². The molecule has 1 aromatic heterocycles. The van der Waals surface area contributed by atoms with E-state index < -0.39 is 20.9 Å². The summed E-state index contributed by atoms with van der Waals surface area (Å²) >= 11 is 3.98. The van der Waals surface area contributed by atoms with Crippen molar-refractivity contribution in [3.63, 3.8) is 0 Å². The highest BCUT2D eigenvalue weighted by molar-refractivity contribution is 9.10. The summed E-state index contributed by atoms with van der Waals surface area (Å²) in [5, 5.41) is 12.9. The smallest absolute Gasteiger partial charge is 0.302 e. The number of rotatable bonds is 8. The van der Waals surface area contributed by atoms with E-state index in [1.165, 1.54) is 12.1 Å². The zero-order valence-electron chi connectivity index (χ0n) is 12.6. The first-order chi connectivity index (χ1) is 11.8. The number of thiazole rings is 1. The molecule has 1 aromatic carbocycles. The van der Waals surface area contributed by atoms with Gasteiger partial charge in [0, 0.05) is 17.4 Å². The molecule has 0 aliphatic carbocycles.